The Hall–Kier alpha value is -2.81. The second-order valence-corrected chi connectivity index (χ2v) is 10.9. The average Bonchev–Trinajstić information content (AvgIpc) is 3.22. The predicted octanol–water partition coefficient (Wildman–Crippen LogP) is 5.96. The zero-order valence-electron chi connectivity index (χ0n) is 20.4. The van der Waals surface area contributed by atoms with Gasteiger partial charge in [0.15, 0.2) is 11.6 Å². The van der Waals surface area contributed by atoms with Crippen LogP contribution in [0, 0.1) is 17.6 Å². The Bertz CT molecular complexity index is 1250. The summed E-state index contributed by atoms with van der Waals surface area (Å²) in [6, 6.07) is 3.06. The number of rotatable bonds is 4. The van der Waals surface area contributed by atoms with Crippen molar-refractivity contribution in [2.24, 2.45) is 5.92 Å². The van der Waals surface area contributed by atoms with Crippen LogP contribution in [0.5, 0.6) is 0 Å². The van der Waals surface area contributed by atoms with Crippen molar-refractivity contribution in [1.82, 2.24) is 14.9 Å². The van der Waals surface area contributed by atoms with Crippen molar-refractivity contribution in [2.45, 2.75) is 52.4 Å². The number of benzene rings is 1. The summed E-state index contributed by atoms with van der Waals surface area (Å²) in [5.41, 5.74) is 1.65. The molecule has 1 aliphatic carbocycles. The van der Waals surface area contributed by atoms with Crippen LogP contribution in [0.3, 0.4) is 0 Å². The van der Waals surface area contributed by atoms with Gasteiger partial charge in [-0.15, -0.1) is 11.3 Å². The first-order chi connectivity index (χ1) is 16.8. The molecule has 1 saturated heterocycles. The van der Waals surface area contributed by atoms with Crippen molar-refractivity contribution in [3.05, 3.63) is 46.1 Å². The molecule has 0 bridgehead atoms. The largest absolute Gasteiger partial charge is 0.352 e. The number of halogens is 2. The van der Waals surface area contributed by atoms with Crippen LogP contribution in [-0.2, 0) is 12.8 Å². The highest BCUT2D eigenvalue weighted by Crippen LogP contribution is 2.42. The molecule has 2 amide bonds. The van der Waals surface area contributed by atoms with E-state index < -0.39 is 11.6 Å². The summed E-state index contributed by atoms with van der Waals surface area (Å²) in [4.78, 5) is 29.3. The molecule has 1 N–H and O–H groups in total. The quantitative estimate of drug-likeness (QED) is 0.481. The van der Waals surface area contributed by atoms with Crippen LogP contribution in [-0.4, -0.2) is 47.1 Å². The van der Waals surface area contributed by atoms with Gasteiger partial charge in [0.05, 0.1) is 5.39 Å². The maximum Gasteiger partial charge on any atom is 0.321 e. The van der Waals surface area contributed by atoms with Gasteiger partial charge in [0.25, 0.3) is 0 Å². The van der Waals surface area contributed by atoms with Crippen LogP contribution in [0.25, 0.3) is 10.2 Å². The molecule has 2 atom stereocenters. The maximum atomic E-state index is 13.5. The van der Waals surface area contributed by atoms with Crippen molar-refractivity contribution in [1.29, 1.82) is 0 Å². The number of piperazine rings is 1. The Morgan fingerprint density at radius 2 is 1.97 bits per heavy atom. The summed E-state index contributed by atoms with van der Waals surface area (Å²) in [5.74, 6) is 0.941. The van der Waals surface area contributed by atoms with Crippen LogP contribution >= 0.6 is 11.3 Å². The predicted molar refractivity (Wildman–Crippen MR) is 136 cm³/mol. The van der Waals surface area contributed by atoms with Crippen LogP contribution < -0.4 is 10.2 Å². The highest BCUT2D eigenvalue weighted by molar-refractivity contribution is 7.19. The Kier molecular flexibility index (Phi) is 6.61. The summed E-state index contributed by atoms with van der Waals surface area (Å²) >= 11 is 1.82. The second kappa shape index (κ2) is 9.68. The lowest BCUT2D eigenvalue weighted by Gasteiger charge is -2.36. The lowest BCUT2D eigenvalue weighted by atomic mass is 9.89. The molecule has 1 aliphatic heterocycles. The first-order valence-corrected chi connectivity index (χ1v) is 13.2. The number of nitrogens with one attached hydrogen (secondary N) is 1. The third-order valence-corrected chi connectivity index (χ3v) is 8.39. The van der Waals surface area contributed by atoms with E-state index in [1.807, 2.05) is 11.3 Å². The van der Waals surface area contributed by atoms with E-state index in [1.165, 1.54) is 28.3 Å². The highest BCUT2D eigenvalue weighted by Gasteiger charge is 2.29. The number of carbonyl (C=O) groups excluding carboxylic acids is 1. The Morgan fingerprint density at radius 1 is 1.20 bits per heavy atom. The Balaban J connectivity index is 1.38. The maximum absolute atomic E-state index is 13.5. The van der Waals surface area contributed by atoms with Crippen molar-refractivity contribution in [2.75, 3.05) is 36.4 Å². The van der Waals surface area contributed by atoms with Gasteiger partial charge in [-0.1, -0.05) is 20.8 Å². The zero-order chi connectivity index (χ0) is 24.7. The minimum atomic E-state index is -0.981. The molecular weight excluding hydrogens is 468 g/mol. The highest BCUT2D eigenvalue weighted by atomic mass is 32.1. The van der Waals surface area contributed by atoms with Gasteiger partial charge in [-0.3, -0.25) is 0 Å². The Labute approximate surface area is 208 Å². The average molecular weight is 500 g/mol. The molecule has 0 spiro atoms. The Morgan fingerprint density at radius 3 is 2.69 bits per heavy atom. The number of nitrogens with zero attached hydrogens (tertiary/aromatic N) is 4. The molecule has 3 aromatic rings. The molecule has 6 nitrogen and oxygen atoms in total. The number of amides is 2. The summed E-state index contributed by atoms with van der Waals surface area (Å²) < 4.78 is 26.7. The fourth-order valence-electron chi connectivity index (χ4n) is 4.87. The summed E-state index contributed by atoms with van der Waals surface area (Å²) in [5, 5.41) is 3.87. The van der Waals surface area contributed by atoms with Crippen LogP contribution in [0.1, 0.15) is 55.8 Å². The smallest absolute Gasteiger partial charge is 0.321 e. The van der Waals surface area contributed by atoms with Gasteiger partial charge in [0, 0.05) is 48.7 Å². The molecule has 2 aliphatic rings. The summed E-state index contributed by atoms with van der Waals surface area (Å²) in [6.07, 6.45) is 4.33. The molecule has 0 unspecified atom stereocenters. The van der Waals surface area contributed by atoms with E-state index in [2.05, 4.69) is 31.0 Å². The van der Waals surface area contributed by atoms with Crippen LogP contribution in [0.15, 0.2) is 18.2 Å². The zero-order valence-corrected chi connectivity index (χ0v) is 21.2. The van der Waals surface area contributed by atoms with Gasteiger partial charge in [0.1, 0.15) is 16.5 Å². The van der Waals surface area contributed by atoms with Crippen molar-refractivity contribution >= 4 is 39.1 Å². The van der Waals surface area contributed by atoms with Gasteiger partial charge in [-0.2, -0.15) is 0 Å². The molecule has 5 rings (SSSR count). The standard InChI is InChI=1S/C26H31F2N5OS/c1-4-16(3)23-30-24(22-18-7-5-15(2)13-21(18)35-25(22)31-23)32-9-11-33(12-10-32)26(34)29-17-6-8-19(27)20(28)14-17/h6,8,14-16H,4-5,7,9-13H2,1-3H3,(H,29,34)/t15-,16+/m1/s1. The van der Waals surface area contributed by atoms with Gasteiger partial charge in [0.2, 0.25) is 0 Å². The number of fused-ring (bicyclic) bond motifs is 3. The van der Waals surface area contributed by atoms with E-state index in [1.54, 1.807) is 4.90 Å². The summed E-state index contributed by atoms with van der Waals surface area (Å²) in [6.45, 7) is 8.97. The number of urea groups is 1. The molecule has 0 saturated carbocycles. The number of thiophene rings is 1. The minimum Gasteiger partial charge on any atom is -0.352 e. The first-order valence-electron chi connectivity index (χ1n) is 12.4. The monoisotopic (exact) mass is 499 g/mol. The number of aryl methyl sites for hydroxylation is 1. The molecule has 1 aromatic carbocycles. The SMILES string of the molecule is CC[C@H](C)c1nc(N2CCN(C(=O)Nc3ccc(F)c(F)c3)CC2)c2c3c(sc2n1)C[C@H](C)CC3. The number of anilines is 2. The molecule has 1 fully saturated rings. The number of hydrogen-bond acceptors (Lipinski definition) is 5. The molecule has 9 heteroatoms. The second-order valence-electron chi connectivity index (χ2n) is 9.78. The number of aromatic nitrogens is 2. The summed E-state index contributed by atoms with van der Waals surface area (Å²) in [7, 11) is 0. The fourth-order valence-corrected chi connectivity index (χ4v) is 6.25. The fraction of sp³-hybridized carbons (Fsp3) is 0.500. The topological polar surface area (TPSA) is 61.4 Å². The molecule has 0 radical (unpaired) electrons. The molecule has 3 heterocycles. The normalized spacial score (nSPS) is 19.1. The van der Waals surface area contributed by atoms with Gasteiger partial charge >= 0.3 is 6.03 Å². The van der Waals surface area contributed by atoms with Crippen LogP contribution in [0.4, 0.5) is 25.1 Å². The molecule has 186 valence electrons. The lowest BCUT2D eigenvalue weighted by molar-refractivity contribution is 0.208. The van der Waals surface area contributed by atoms with Crippen molar-refractivity contribution < 1.29 is 13.6 Å². The van der Waals surface area contributed by atoms with E-state index in [-0.39, 0.29) is 17.6 Å². The molecule has 35 heavy (non-hydrogen) atoms. The molecular formula is C26H31F2N5OS. The van der Waals surface area contributed by atoms with E-state index in [4.69, 9.17) is 9.97 Å². The third-order valence-electron chi connectivity index (χ3n) is 7.24. The number of carbonyl (C=O) groups is 1. The van der Waals surface area contributed by atoms with Crippen molar-refractivity contribution in [3.63, 3.8) is 0 Å². The van der Waals surface area contributed by atoms with E-state index in [9.17, 15) is 13.6 Å². The van der Waals surface area contributed by atoms with Crippen molar-refractivity contribution in [3.8, 4) is 0 Å². The number of hydrogen-bond donors (Lipinski definition) is 1. The van der Waals surface area contributed by atoms with Gasteiger partial charge in [-0.25, -0.2) is 23.5 Å². The van der Waals surface area contributed by atoms with E-state index in [0.29, 0.717) is 32.1 Å². The molecule has 2 aromatic heterocycles. The van der Waals surface area contributed by atoms with E-state index >= 15 is 0 Å². The lowest BCUT2D eigenvalue weighted by Crippen LogP contribution is -2.50. The van der Waals surface area contributed by atoms with Gasteiger partial charge < -0.3 is 15.1 Å². The first kappa shape index (κ1) is 23.9. The van der Waals surface area contributed by atoms with Crippen LogP contribution in [0.2, 0.25) is 0 Å². The third kappa shape index (κ3) is 4.70. The van der Waals surface area contributed by atoms with Gasteiger partial charge in [-0.05, 0) is 49.3 Å². The van der Waals surface area contributed by atoms with E-state index in [0.717, 1.165) is 47.9 Å². The minimum absolute atomic E-state index is 0.242.